The van der Waals surface area contributed by atoms with Crippen molar-refractivity contribution in [2.75, 3.05) is 6.54 Å². The predicted octanol–water partition coefficient (Wildman–Crippen LogP) is 2.55. The highest BCUT2D eigenvalue weighted by Crippen LogP contribution is 2.24. The molecule has 0 radical (unpaired) electrons. The molecule has 26 heavy (non-hydrogen) atoms. The lowest BCUT2D eigenvalue weighted by atomic mass is 9.99. The average Bonchev–Trinajstić information content (AvgIpc) is 2.97. The van der Waals surface area contributed by atoms with Crippen molar-refractivity contribution in [3.05, 3.63) is 40.6 Å². The first-order chi connectivity index (χ1) is 11.4. The summed E-state index contributed by atoms with van der Waals surface area (Å²) in [6.07, 6.45) is 0.390. The Kier molecular flexibility index (Phi) is 7.38. The first-order valence-corrected chi connectivity index (χ1v) is 8.01. The summed E-state index contributed by atoms with van der Waals surface area (Å²) in [5.74, 6) is -1.06. The molecule has 1 fully saturated rings. The Balaban J connectivity index is 0.00000169. The molecule has 1 aliphatic rings. The fourth-order valence-corrected chi connectivity index (χ4v) is 3.18. The third-order valence-corrected chi connectivity index (χ3v) is 4.62. The molecule has 0 bridgehead atoms. The third-order valence-electron chi connectivity index (χ3n) is 4.62. The van der Waals surface area contributed by atoms with Gasteiger partial charge in [0.15, 0.2) is 0 Å². The zero-order valence-corrected chi connectivity index (χ0v) is 16.5. The van der Waals surface area contributed by atoms with Gasteiger partial charge in [-0.25, -0.2) is 0 Å². The van der Waals surface area contributed by atoms with Gasteiger partial charge in [-0.3, -0.25) is 14.6 Å². The molecule has 0 spiro atoms. The molecule has 1 aromatic carbocycles. The van der Waals surface area contributed by atoms with Crippen LogP contribution in [0.2, 0.25) is 0 Å². The number of aryl methyl sites for hydroxylation is 2. The molecule has 3 rings (SSSR count). The number of carbonyl (C=O) groups is 2. The second kappa shape index (κ2) is 8.66. The number of rotatable bonds is 3. The molecule has 0 unspecified atom stereocenters. The molecule has 1 aromatic heterocycles. The Bertz CT molecular complexity index is 842. The van der Waals surface area contributed by atoms with Gasteiger partial charge in [0.05, 0.1) is 11.1 Å². The number of fused-ring (bicyclic) bond motifs is 1. The van der Waals surface area contributed by atoms with E-state index in [1.807, 2.05) is 39.0 Å². The number of aliphatic carboxylic acids is 1. The summed E-state index contributed by atoms with van der Waals surface area (Å²) < 4.78 is 0. The molecule has 1 saturated heterocycles. The standard InChI is InChI=1S/C18H21N3O3.2ClH/c1-9-4-5-14-13(6-9)16(10(2)11(3)20-14)17(22)21-12-7-15(18(23)24)19-8-12;;/h4-6,12,15,19H,7-8H2,1-3H3,(H,21,22)(H,23,24);2*1H/t12-,15+;;/m1../s1. The van der Waals surface area contributed by atoms with Gasteiger partial charge < -0.3 is 15.7 Å². The van der Waals surface area contributed by atoms with E-state index in [-0.39, 0.29) is 36.8 Å². The number of nitrogens with zero attached hydrogens (tertiary/aromatic N) is 1. The van der Waals surface area contributed by atoms with E-state index in [4.69, 9.17) is 5.11 Å². The highest BCUT2D eigenvalue weighted by molar-refractivity contribution is 6.08. The van der Waals surface area contributed by atoms with Crippen LogP contribution in [-0.2, 0) is 4.79 Å². The second-order valence-corrected chi connectivity index (χ2v) is 6.42. The SMILES string of the molecule is Cc1ccc2nc(C)c(C)c(C(=O)N[C@H]3CN[C@H](C(=O)O)C3)c2c1.Cl.Cl. The zero-order valence-electron chi connectivity index (χ0n) is 14.8. The van der Waals surface area contributed by atoms with Crippen LogP contribution in [0.5, 0.6) is 0 Å². The smallest absolute Gasteiger partial charge is 0.320 e. The van der Waals surface area contributed by atoms with Crippen LogP contribution in [-0.4, -0.2) is 40.6 Å². The Labute approximate surface area is 164 Å². The van der Waals surface area contributed by atoms with Crippen molar-refractivity contribution in [1.82, 2.24) is 15.6 Å². The monoisotopic (exact) mass is 399 g/mol. The van der Waals surface area contributed by atoms with Gasteiger partial charge in [0.25, 0.3) is 5.91 Å². The molecule has 2 atom stereocenters. The van der Waals surface area contributed by atoms with E-state index >= 15 is 0 Å². The van der Waals surface area contributed by atoms with Gasteiger partial charge in [-0.05, 0) is 44.9 Å². The maximum Gasteiger partial charge on any atom is 0.320 e. The summed E-state index contributed by atoms with van der Waals surface area (Å²) in [4.78, 5) is 28.4. The van der Waals surface area contributed by atoms with E-state index < -0.39 is 12.0 Å². The van der Waals surface area contributed by atoms with Crippen LogP contribution in [0.3, 0.4) is 0 Å². The molecule has 142 valence electrons. The van der Waals surface area contributed by atoms with Gasteiger partial charge in [0.1, 0.15) is 6.04 Å². The van der Waals surface area contributed by atoms with Crippen LogP contribution >= 0.6 is 24.8 Å². The van der Waals surface area contributed by atoms with Crippen LogP contribution < -0.4 is 10.6 Å². The number of benzene rings is 1. The minimum absolute atomic E-state index is 0. The lowest BCUT2D eigenvalue weighted by molar-refractivity contribution is -0.139. The molecule has 1 amide bonds. The second-order valence-electron chi connectivity index (χ2n) is 6.42. The summed E-state index contributed by atoms with van der Waals surface area (Å²) in [7, 11) is 0. The number of carboxylic acid groups (broad SMARTS) is 1. The lowest BCUT2D eigenvalue weighted by Crippen LogP contribution is -2.36. The van der Waals surface area contributed by atoms with Crippen LogP contribution in [0, 0.1) is 20.8 Å². The van der Waals surface area contributed by atoms with E-state index in [2.05, 4.69) is 15.6 Å². The first-order valence-electron chi connectivity index (χ1n) is 8.01. The largest absolute Gasteiger partial charge is 0.480 e. The van der Waals surface area contributed by atoms with Crippen LogP contribution in [0.15, 0.2) is 18.2 Å². The molecule has 6 nitrogen and oxygen atoms in total. The number of amides is 1. The zero-order chi connectivity index (χ0) is 17.4. The molecule has 0 aliphatic carbocycles. The van der Waals surface area contributed by atoms with Crippen molar-refractivity contribution in [2.45, 2.75) is 39.3 Å². The van der Waals surface area contributed by atoms with E-state index in [1.165, 1.54) is 0 Å². The quantitative estimate of drug-likeness (QED) is 0.737. The molecule has 8 heteroatoms. The number of aromatic nitrogens is 1. The van der Waals surface area contributed by atoms with Gasteiger partial charge in [-0.2, -0.15) is 0 Å². The molecule has 2 heterocycles. The summed E-state index contributed by atoms with van der Waals surface area (Å²) in [6, 6.07) is 5.08. The van der Waals surface area contributed by atoms with E-state index in [1.54, 1.807) is 0 Å². The number of carboxylic acids is 1. The molecular formula is C18H23Cl2N3O3. The van der Waals surface area contributed by atoms with Gasteiger partial charge in [-0.1, -0.05) is 11.6 Å². The lowest BCUT2D eigenvalue weighted by Gasteiger charge is -2.16. The Morgan fingerprint density at radius 1 is 1.23 bits per heavy atom. The van der Waals surface area contributed by atoms with Crippen LogP contribution in [0.1, 0.15) is 33.6 Å². The fourth-order valence-electron chi connectivity index (χ4n) is 3.18. The Morgan fingerprint density at radius 2 is 1.92 bits per heavy atom. The summed E-state index contributed by atoms with van der Waals surface area (Å²) in [5.41, 5.74) is 4.16. The number of pyridine rings is 1. The molecular weight excluding hydrogens is 377 g/mol. The van der Waals surface area contributed by atoms with Crippen molar-refractivity contribution in [3.63, 3.8) is 0 Å². The third kappa shape index (κ3) is 4.26. The van der Waals surface area contributed by atoms with Gasteiger partial charge in [-0.15, -0.1) is 24.8 Å². The predicted molar refractivity (Wildman–Crippen MR) is 106 cm³/mol. The number of hydrogen-bond donors (Lipinski definition) is 3. The Hall–Kier alpha value is -1.89. The highest BCUT2D eigenvalue weighted by Gasteiger charge is 2.30. The maximum atomic E-state index is 12.9. The van der Waals surface area contributed by atoms with E-state index in [9.17, 15) is 9.59 Å². The van der Waals surface area contributed by atoms with Crippen molar-refractivity contribution in [1.29, 1.82) is 0 Å². The number of hydrogen-bond acceptors (Lipinski definition) is 4. The Morgan fingerprint density at radius 3 is 2.54 bits per heavy atom. The first kappa shape index (κ1) is 22.2. The van der Waals surface area contributed by atoms with Crippen LogP contribution in [0.25, 0.3) is 10.9 Å². The normalized spacial score (nSPS) is 18.7. The van der Waals surface area contributed by atoms with Crippen molar-refractivity contribution in [3.8, 4) is 0 Å². The van der Waals surface area contributed by atoms with Crippen molar-refractivity contribution in [2.24, 2.45) is 0 Å². The average molecular weight is 400 g/mol. The number of nitrogens with one attached hydrogen (secondary N) is 2. The minimum Gasteiger partial charge on any atom is -0.480 e. The molecule has 1 aliphatic heterocycles. The number of halogens is 2. The highest BCUT2D eigenvalue weighted by atomic mass is 35.5. The van der Waals surface area contributed by atoms with Crippen molar-refractivity contribution < 1.29 is 14.7 Å². The fraction of sp³-hybridized carbons (Fsp3) is 0.389. The molecule has 0 saturated carbocycles. The van der Waals surface area contributed by atoms with Crippen molar-refractivity contribution >= 4 is 47.6 Å². The minimum atomic E-state index is -0.885. The summed E-state index contributed by atoms with van der Waals surface area (Å²) in [6.45, 7) is 6.23. The van der Waals surface area contributed by atoms with E-state index in [0.717, 1.165) is 27.7 Å². The topological polar surface area (TPSA) is 91.3 Å². The van der Waals surface area contributed by atoms with E-state index in [0.29, 0.717) is 18.5 Å². The van der Waals surface area contributed by atoms with Gasteiger partial charge in [0.2, 0.25) is 0 Å². The molecule has 3 N–H and O–H groups in total. The summed E-state index contributed by atoms with van der Waals surface area (Å²) in [5, 5.41) is 15.8. The number of carbonyl (C=O) groups excluding carboxylic acids is 1. The molecule has 2 aromatic rings. The maximum absolute atomic E-state index is 12.9. The van der Waals surface area contributed by atoms with Gasteiger partial charge in [0, 0.05) is 23.7 Å². The van der Waals surface area contributed by atoms with Crippen LogP contribution in [0.4, 0.5) is 0 Å². The summed E-state index contributed by atoms with van der Waals surface area (Å²) >= 11 is 0. The van der Waals surface area contributed by atoms with Gasteiger partial charge >= 0.3 is 5.97 Å².